The van der Waals surface area contributed by atoms with E-state index < -0.39 is 22.8 Å². The first-order valence-corrected chi connectivity index (χ1v) is 6.44. The fourth-order valence-corrected chi connectivity index (χ4v) is 1.74. The molecular weight excluding hydrogens is 291 g/mol. The van der Waals surface area contributed by atoms with Gasteiger partial charge in [-0.3, -0.25) is 14.9 Å². The lowest BCUT2D eigenvalue weighted by atomic mass is 10.2. The van der Waals surface area contributed by atoms with E-state index in [0.29, 0.717) is 5.75 Å². The van der Waals surface area contributed by atoms with Crippen molar-refractivity contribution in [3.8, 4) is 5.75 Å². The molecule has 7 heteroatoms. The quantitative estimate of drug-likeness (QED) is 0.679. The van der Waals surface area contributed by atoms with Crippen molar-refractivity contribution in [1.29, 1.82) is 0 Å². The van der Waals surface area contributed by atoms with Gasteiger partial charge in [0.2, 0.25) is 0 Å². The molecule has 114 valence electrons. The van der Waals surface area contributed by atoms with Gasteiger partial charge in [0.05, 0.1) is 4.92 Å². The maximum atomic E-state index is 12.8. The van der Waals surface area contributed by atoms with E-state index in [-0.39, 0.29) is 11.4 Å². The Morgan fingerprint density at radius 3 is 2.50 bits per heavy atom. The van der Waals surface area contributed by atoms with E-state index in [1.54, 1.807) is 6.07 Å². The molecule has 0 heterocycles. The monoisotopic (exact) mass is 304 g/mol. The molecule has 22 heavy (non-hydrogen) atoms. The number of hydrogen-bond acceptors (Lipinski definition) is 4. The van der Waals surface area contributed by atoms with Crippen LogP contribution in [0.4, 0.5) is 15.8 Å². The van der Waals surface area contributed by atoms with Crippen molar-refractivity contribution in [2.45, 2.75) is 13.0 Å². The lowest BCUT2D eigenvalue weighted by Gasteiger charge is -2.14. The number of nitro groups is 1. The van der Waals surface area contributed by atoms with Crippen LogP contribution in [0.15, 0.2) is 48.5 Å². The van der Waals surface area contributed by atoms with Crippen LogP contribution in [0.5, 0.6) is 5.75 Å². The Morgan fingerprint density at radius 2 is 1.86 bits per heavy atom. The number of nitrogens with one attached hydrogen (secondary N) is 1. The average molecular weight is 304 g/mol. The van der Waals surface area contributed by atoms with E-state index in [2.05, 4.69) is 5.32 Å². The number of anilines is 1. The van der Waals surface area contributed by atoms with Crippen molar-refractivity contribution in [3.05, 3.63) is 64.5 Å². The maximum absolute atomic E-state index is 12.8. The molecule has 0 aliphatic rings. The van der Waals surface area contributed by atoms with E-state index in [9.17, 15) is 19.3 Å². The topological polar surface area (TPSA) is 81.5 Å². The van der Waals surface area contributed by atoms with Crippen molar-refractivity contribution in [1.82, 2.24) is 0 Å². The van der Waals surface area contributed by atoms with Crippen molar-refractivity contribution >= 4 is 17.3 Å². The Kier molecular flexibility index (Phi) is 4.67. The van der Waals surface area contributed by atoms with Crippen molar-refractivity contribution in [2.75, 3.05) is 5.32 Å². The Morgan fingerprint density at radius 1 is 1.23 bits per heavy atom. The molecule has 0 aromatic heterocycles. The number of amides is 1. The molecule has 0 fully saturated rings. The maximum Gasteiger partial charge on any atom is 0.292 e. The molecule has 6 nitrogen and oxygen atoms in total. The number of nitrogens with zero attached hydrogens (tertiary/aromatic N) is 1. The highest BCUT2D eigenvalue weighted by molar-refractivity contribution is 5.96. The molecule has 0 aliphatic carbocycles. The summed E-state index contributed by atoms with van der Waals surface area (Å²) in [6.07, 6.45) is -0.898. The van der Waals surface area contributed by atoms with E-state index in [1.165, 1.54) is 49.4 Å². The highest BCUT2D eigenvalue weighted by atomic mass is 19.1. The first-order chi connectivity index (χ1) is 10.5. The number of para-hydroxylation sites is 2. The van der Waals surface area contributed by atoms with Gasteiger partial charge in [-0.1, -0.05) is 12.1 Å². The summed E-state index contributed by atoms with van der Waals surface area (Å²) in [7, 11) is 0. The Hall–Kier alpha value is -2.96. The molecule has 1 N–H and O–H groups in total. The fraction of sp³-hybridized carbons (Fsp3) is 0.133. The summed E-state index contributed by atoms with van der Waals surface area (Å²) in [5, 5.41) is 13.3. The smallest absolute Gasteiger partial charge is 0.292 e. The van der Waals surface area contributed by atoms with Gasteiger partial charge in [0.15, 0.2) is 6.10 Å². The summed E-state index contributed by atoms with van der Waals surface area (Å²) in [4.78, 5) is 22.3. The van der Waals surface area contributed by atoms with Crippen LogP contribution in [0, 0.1) is 15.9 Å². The number of benzene rings is 2. The molecule has 0 saturated carbocycles. The number of nitro benzene ring substituents is 1. The Balaban J connectivity index is 2.05. The van der Waals surface area contributed by atoms with Gasteiger partial charge in [-0.2, -0.15) is 0 Å². The molecule has 1 atom stereocenters. The van der Waals surface area contributed by atoms with Crippen LogP contribution in [0.3, 0.4) is 0 Å². The summed E-state index contributed by atoms with van der Waals surface area (Å²) in [5.74, 6) is -0.630. The summed E-state index contributed by atoms with van der Waals surface area (Å²) in [6.45, 7) is 1.49. The lowest BCUT2D eigenvalue weighted by Crippen LogP contribution is -2.30. The Bertz CT molecular complexity index is 688. The number of halogens is 1. The standard InChI is InChI=1S/C15H13FN2O4/c1-10(22-12-8-6-11(16)7-9-12)15(19)17-13-4-2-3-5-14(13)18(20)21/h2-10H,1H3,(H,17,19). The first kappa shape index (κ1) is 15.4. The molecule has 1 amide bonds. The molecule has 2 rings (SSSR count). The number of carbonyl (C=O) groups is 1. The van der Waals surface area contributed by atoms with Gasteiger partial charge in [-0.25, -0.2) is 4.39 Å². The van der Waals surface area contributed by atoms with Gasteiger partial charge < -0.3 is 10.1 Å². The fourth-order valence-electron chi connectivity index (χ4n) is 1.74. The summed E-state index contributed by atoms with van der Waals surface area (Å²) < 4.78 is 18.1. The van der Waals surface area contributed by atoms with Crippen molar-refractivity contribution in [2.24, 2.45) is 0 Å². The third-order valence-electron chi connectivity index (χ3n) is 2.85. The lowest BCUT2D eigenvalue weighted by molar-refractivity contribution is -0.383. The molecule has 0 spiro atoms. The highest BCUT2D eigenvalue weighted by Crippen LogP contribution is 2.23. The average Bonchev–Trinajstić information content (AvgIpc) is 2.49. The second-order valence-corrected chi connectivity index (χ2v) is 4.48. The van der Waals surface area contributed by atoms with Crippen LogP contribution in [-0.4, -0.2) is 16.9 Å². The summed E-state index contributed by atoms with van der Waals surface area (Å²) >= 11 is 0. The second-order valence-electron chi connectivity index (χ2n) is 4.48. The van der Waals surface area contributed by atoms with Gasteiger partial charge >= 0.3 is 0 Å². The summed E-state index contributed by atoms with van der Waals surface area (Å²) in [5.41, 5.74) is -0.114. The predicted octanol–water partition coefficient (Wildman–Crippen LogP) is 3.14. The minimum atomic E-state index is -0.898. The van der Waals surface area contributed by atoms with Gasteiger partial charge in [0, 0.05) is 6.07 Å². The largest absolute Gasteiger partial charge is 0.481 e. The van der Waals surface area contributed by atoms with E-state index in [4.69, 9.17) is 4.74 Å². The molecule has 0 saturated heterocycles. The Labute approximate surface area is 125 Å². The number of hydrogen-bond donors (Lipinski definition) is 1. The van der Waals surface area contributed by atoms with Gasteiger partial charge in [0.1, 0.15) is 17.3 Å². The van der Waals surface area contributed by atoms with Crippen LogP contribution < -0.4 is 10.1 Å². The predicted molar refractivity (Wildman–Crippen MR) is 78.2 cm³/mol. The molecule has 2 aromatic carbocycles. The van der Waals surface area contributed by atoms with Crippen molar-refractivity contribution in [3.63, 3.8) is 0 Å². The second kappa shape index (κ2) is 6.66. The van der Waals surface area contributed by atoms with Crippen LogP contribution in [-0.2, 0) is 4.79 Å². The molecule has 0 bridgehead atoms. The van der Waals surface area contributed by atoms with Gasteiger partial charge in [-0.05, 0) is 37.3 Å². The zero-order valence-electron chi connectivity index (χ0n) is 11.7. The minimum absolute atomic E-state index is 0.0899. The van der Waals surface area contributed by atoms with Crippen LogP contribution in [0.2, 0.25) is 0 Å². The third-order valence-corrected chi connectivity index (χ3v) is 2.85. The molecule has 2 aromatic rings. The third kappa shape index (κ3) is 3.78. The number of ether oxygens (including phenoxy) is 1. The van der Waals surface area contributed by atoms with Gasteiger partial charge in [-0.15, -0.1) is 0 Å². The van der Waals surface area contributed by atoms with E-state index in [0.717, 1.165) is 0 Å². The molecule has 0 aliphatic heterocycles. The van der Waals surface area contributed by atoms with E-state index in [1.807, 2.05) is 0 Å². The molecule has 1 unspecified atom stereocenters. The van der Waals surface area contributed by atoms with Crippen LogP contribution in [0.25, 0.3) is 0 Å². The zero-order chi connectivity index (χ0) is 16.1. The zero-order valence-corrected chi connectivity index (χ0v) is 11.7. The molecular formula is C15H13FN2O4. The normalized spacial score (nSPS) is 11.5. The van der Waals surface area contributed by atoms with Crippen LogP contribution in [0.1, 0.15) is 6.92 Å². The van der Waals surface area contributed by atoms with Crippen molar-refractivity contribution < 1.29 is 18.8 Å². The first-order valence-electron chi connectivity index (χ1n) is 6.44. The van der Waals surface area contributed by atoms with Gasteiger partial charge in [0.25, 0.3) is 11.6 Å². The summed E-state index contributed by atoms with van der Waals surface area (Å²) in [6, 6.07) is 11.0. The molecule has 0 radical (unpaired) electrons. The SMILES string of the molecule is CC(Oc1ccc(F)cc1)C(=O)Nc1ccccc1[N+](=O)[O-]. The number of rotatable bonds is 5. The highest BCUT2D eigenvalue weighted by Gasteiger charge is 2.19. The minimum Gasteiger partial charge on any atom is -0.481 e. The van der Waals surface area contributed by atoms with E-state index >= 15 is 0 Å². The number of carbonyl (C=O) groups excluding carboxylic acids is 1. The van der Waals surface area contributed by atoms with Crippen LogP contribution >= 0.6 is 0 Å².